The molecule has 0 aliphatic carbocycles. The van der Waals surface area contributed by atoms with Gasteiger partial charge in [-0.05, 0) is 30.0 Å². The van der Waals surface area contributed by atoms with Crippen LogP contribution in [0, 0.1) is 0 Å². The first kappa shape index (κ1) is 17.5. The zero-order chi connectivity index (χ0) is 16.9. The number of nitrogens with zero attached hydrogens (tertiary/aromatic N) is 1. The molecule has 1 aromatic heterocycles. The van der Waals surface area contributed by atoms with E-state index in [2.05, 4.69) is 5.32 Å². The summed E-state index contributed by atoms with van der Waals surface area (Å²) in [5.74, 6) is -0.272. The van der Waals surface area contributed by atoms with Crippen molar-refractivity contribution in [3.8, 4) is 5.75 Å². The van der Waals surface area contributed by atoms with Crippen LogP contribution in [0.15, 0.2) is 46.0 Å². The van der Waals surface area contributed by atoms with Crippen molar-refractivity contribution >= 4 is 33.0 Å². The molecule has 0 saturated heterocycles. The number of hydrogen-bond donors (Lipinski definition) is 2. The number of sulfonamides is 1. The molecule has 0 bridgehead atoms. The Bertz CT molecular complexity index is 758. The molecule has 1 aromatic carbocycles. The number of thiophene rings is 1. The van der Waals surface area contributed by atoms with Gasteiger partial charge in [-0.1, -0.05) is 18.2 Å². The van der Waals surface area contributed by atoms with E-state index in [-0.39, 0.29) is 24.6 Å². The Labute approximate surface area is 139 Å². The first-order valence-corrected chi connectivity index (χ1v) is 9.31. The average molecular weight is 354 g/mol. The molecule has 124 valence electrons. The van der Waals surface area contributed by atoms with Gasteiger partial charge in [0.15, 0.2) is 0 Å². The maximum atomic E-state index is 12.2. The number of rotatable bonds is 7. The Hall–Kier alpha value is -1.90. The van der Waals surface area contributed by atoms with Gasteiger partial charge in [-0.2, -0.15) is 0 Å². The van der Waals surface area contributed by atoms with E-state index >= 15 is 0 Å². The van der Waals surface area contributed by atoms with Crippen LogP contribution < -0.4 is 5.32 Å². The Kier molecular flexibility index (Phi) is 5.75. The predicted molar refractivity (Wildman–Crippen MR) is 90.1 cm³/mol. The highest BCUT2D eigenvalue weighted by molar-refractivity contribution is 7.91. The largest absolute Gasteiger partial charge is 0.506 e. The standard InChI is InChI=1S/C15H18N2O4S2/c1-17(23(20,21)15-9-5-11-22-15)10-4-8-14(19)16-12-6-2-3-7-13(12)18/h2-3,5-7,9,11,18H,4,8,10H2,1H3,(H,16,19). The maximum absolute atomic E-state index is 12.2. The minimum atomic E-state index is -3.48. The number of benzene rings is 1. The number of hydrogen-bond acceptors (Lipinski definition) is 5. The third kappa shape index (κ3) is 4.54. The van der Waals surface area contributed by atoms with E-state index in [9.17, 15) is 18.3 Å². The van der Waals surface area contributed by atoms with Crippen molar-refractivity contribution in [1.82, 2.24) is 4.31 Å². The van der Waals surface area contributed by atoms with Crippen LogP contribution in [0.25, 0.3) is 0 Å². The molecule has 0 aliphatic rings. The van der Waals surface area contributed by atoms with Gasteiger partial charge in [-0.3, -0.25) is 4.79 Å². The molecule has 0 saturated carbocycles. The minimum absolute atomic E-state index is 0.00163. The molecule has 0 radical (unpaired) electrons. The van der Waals surface area contributed by atoms with Gasteiger partial charge < -0.3 is 10.4 Å². The fourth-order valence-electron chi connectivity index (χ4n) is 1.94. The number of phenols is 1. The Morgan fingerprint density at radius 3 is 2.65 bits per heavy atom. The summed E-state index contributed by atoms with van der Waals surface area (Å²) in [4.78, 5) is 11.8. The van der Waals surface area contributed by atoms with E-state index in [1.807, 2.05) is 0 Å². The van der Waals surface area contributed by atoms with Gasteiger partial charge >= 0.3 is 0 Å². The van der Waals surface area contributed by atoms with Crippen molar-refractivity contribution in [2.45, 2.75) is 17.1 Å². The molecule has 1 heterocycles. The molecule has 0 unspecified atom stereocenters. The van der Waals surface area contributed by atoms with Gasteiger partial charge in [0, 0.05) is 20.0 Å². The van der Waals surface area contributed by atoms with E-state index in [0.717, 1.165) is 11.3 Å². The topological polar surface area (TPSA) is 86.7 Å². The third-order valence-electron chi connectivity index (χ3n) is 3.21. The van der Waals surface area contributed by atoms with Gasteiger partial charge in [0.1, 0.15) is 9.96 Å². The number of aromatic hydroxyl groups is 1. The SMILES string of the molecule is CN(CCCC(=O)Nc1ccccc1O)S(=O)(=O)c1cccs1. The van der Waals surface area contributed by atoms with Crippen molar-refractivity contribution in [2.75, 3.05) is 18.9 Å². The van der Waals surface area contributed by atoms with Crippen molar-refractivity contribution in [2.24, 2.45) is 0 Å². The summed E-state index contributed by atoms with van der Waals surface area (Å²) < 4.78 is 25.9. The normalized spacial score (nSPS) is 11.6. The molecule has 6 nitrogen and oxygen atoms in total. The number of carbonyl (C=O) groups is 1. The van der Waals surface area contributed by atoms with Crippen LogP contribution in [0.3, 0.4) is 0 Å². The van der Waals surface area contributed by atoms with Gasteiger partial charge in [-0.25, -0.2) is 12.7 Å². The second kappa shape index (κ2) is 7.58. The first-order valence-electron chi connectivity index (χ1n) is 6.99. The zero-order valence-electron chi connectivity index (χ0n) is 12.6. The van der Waals surface area contributed by atoms with Crippen LogP contribution in [0.2, 0.25) is 0 Å². The summed E-state index contributed by atoms with van der Waals surface area (Å²) >= 11 is 1.16. The highest BCUT2D eigenvalue weighted by atomic mass is 32.2. The molecule has 1 amide bonds. The molecule has 0 aliphatic heterocycles. The lowest BCUT2D eigenvalue weighted by Gasteiger charge is -2.15. The van der Waals surface area contributed by atoms with E-state index in [1.54, 1.807) is 35.7 Å². The van der Waals surface area contributed by atoms with Gasteiger partial charge in [0.2, 0.25) is 5.91 Å². The molecule has 2 rings (SSSR count). The monoisotopic (exact) mass is 354 g/mol. The minimum Gasteiger partial charge on any atom is -0.506 e. The first-order chi connectivity index (χ1) is 10.9. The summed E-state index contributed by atoms with van der Waals surface area (Å²) in [5.41, 5.74) is 0.345. The van der Waals surface area contributed by atoms with E-state index in [0.29, 0.717) is 16.3 Å². The van der Waals surface area contributed by atoms with Gasteiger partial charge in [0.25, 0.3) is 10.0 Å². The summed E-state index contributed by atoms with van der Waals surface area (Å²) in [5, 5.41) is 13.9. The lowest BCUT2D eigenvalue weighted by atomic mass is 10.2. The van der Waals surface area contributed by atoms with Gasteiger partial charge in [0.05, 0.1) is 5.69 Å². The van der Waals surface area contributed by atoms with Gasteiger partial charge in [-0.15, -0.1) is 11.3 Å². The highest BCUT2D eigenvalue weighted by Gasteiger charge is 2.21. The predicted octanol–water partition coefficient (Wildman–Crippen LogP) is 2.49. The summed E-state index contributed by atoms with van der Waals surface area (Å²) in [6.07, 6.45) is 0.555. The van der Waals surface area contributed by atoms with E-state index in [4.69, 9.17) is 0 Å². The highest BCUT2D eigenvalue weighted by Crippen LogP contribution is 2.22. The quantitative estimate of drug-likeness (QED) is 0.748. The molecule has 2 aromatic rings. The van der Waals surface area contributed by atoms with Crippen LogP contribution >= 0.6 is 11.3 Å². The molecular formula is C15H18N2O4S2. The van der Waals surface area contributed by atoms with Crippen LogP contribution in [-0.2, 0) is 14.8 Å². The third-order valence-corrected chi connectivity index (χ3v) is 6.44. The molecule has 0 atom stereocenters. The fraction of sp³-hybridized carbons (Fsp3) is 0.267. The van der Waals surface area contributed by atoms with Crippen LogP contribution in [0.1, 0.15) is 12.8 Å². The number of nitrogens with one attached hydrogen (secondary N) is 1. The van der Waals surface area contributed by atoms with Crippen molar-refractivity contribution in [3.63, 3.8) is 0 Å². The number of carbonyl (C=O) groups excluding carboxylic acids is 1. The second-order valence-electron chi connectivity index (χ2n) is 4.93. The Morgan fingerprint density at radius 2 is 2.00 bits per heavy atom. The second-order valence-corrected chi connectivity index (χ2v) is 8.15. The molecule has 2 N–H and O–H groups in total. The lowest BCUT2D eigenvalue weighted by molar-refractivity contribution is -0.116. The van der Waals surface area contributed by atoms with Crippen molar-refractivity contribution < 1.29 is 18.3 Å². The molecule has 8 heteroatoms. The number of para-hydroxylation sites is 2. The summed E-state index contributed by atoms with van der Waals surface area (Å²) in [7, 11) is -1.98. The maximum Gasteiger partial charge on any atom is 0.252 e. The number of anilines is 1. The van der Waals surface area contributed by atoms with Crippen molar-refractivity contribution in [3.05, 3.63) is 41.8 Å². The number of amides is 1. The van der Waals surface area contributed by atoms with E-state index in [1.165, 1.54) is 17.4 Å². The molecule has 0 spiro atoms. The summed E-state index contributed by atoms with van der Waals surface area (Å²) in [6.45, 7) is 0.244. The Morgan fingerprint density at radius 1 is 1.26 bits per heavy atom. The zero-order valence-corrected chi connectivity index (χ0v) is 14.2. The summed E-state index contributed by atoms with van der Waals surface area (Å²) in [6, 6.07) is 9.69. The molecule has 23 heavy (non-hydrogen) atoms. The molecule has 0 fully saturated rings. The average Bonchev–Trinajstić information content (AvgIpc) is 3.04. The van der Waals surface area contributed by atoms with Crippen molar-refractivity contribution in [1.29, 1.82) is 0 Å². The van der Waals surface area contributed by atoms with Crippen LogP contribution in [0.5, 0.6) is 5.75 Å². The number of phenolic OH excluding ortho intramolecular Hbond substituents is 1. The van der Waals surface area contributed by atoms with Crippen LogP contribution in [-0.4, -0.2) is 37.3 Å². The smallest absolute Gasteiger partial charge is 0.252 e. The van der Waals surface area contributed by atoms with Crippen LogP contribution in [0.4, 0.5) is 5.69 Å². The lowest BCUT2D eigenvalue weighted by Crippen LogP contribution is -2.28. The fourth-order valence-corrected chi connectivity index (χ4v) is 4.35. The van der Waals surface area contributed by atoms with E-state index < -0.39 is 10.0 Å². The molecular weight excluding hydrogens is 336 g/mol. The Balaban J connectivity index is 1.83.